The molecule has 0 aromatic heterocycles. The fourth-order valence-electron chi connectivity index (χ4n) is 2.12. The molecule has 1 unspecified atom stereocenters. The Morgan fingerprint density at radius 2 is 2.00 bits per heavy atom. The summed E-state index contributed by atoms with van der Waals surface area (Å²) in [4.78, 5) is 11.7. The summed E-state index contributed by atoms with van der Waals surface area (Å²) in [6.07, 6.45) is 0.369. The number of carbonyl (C=O) groups excluding carboxylic acids is 1. The van der Waals surface area contributed by atoms with Crippen LogP contribution in [0.15, 0.2) is 18.2 Å². The molecule has 1 atom stereocenters. The van der Waals surface area contributed by atoms with Crippen molar-refractivity contribution in [2.75, 3.05) is 13.2 Å². The molecule has 0 saturated carbocycles. The van der Waals surface area contributed by atoms with Crippen LogP contribution in [0.2, 0.25) is 0 Å². The third-order valence-corrected chi connectivity index (χ3v) is 3.32. The molecule has 4 nitrogen and oxygen atoms in total. The van der Waals surface area contributed by atoms with E-state index < -0.39 is 0 Å². The van der Waals surface area contributed by atoms with E-state index in [1.165, 1.54) is 0 Å². The van der Waals surface area contributed by atoms with Crippen molar-refractivity contribution in [2.45, 2.75) is 45.4 Å². The highest BCUT2D eigenvalue weighted by Gasteiger charge is 2.20. The average molecular weight is 279 g/mol. The number of hydrogen-bond acceptors (Lipinski definition) is 3. The quantitative estimate of drug-likeness (QED) is 0.774. The van der Waals surface area contributed by atoms with Crippen LogP contribution in [0.5, 0.6) is 5.75 Å². The molecule has 0 aliphatic heterocycles. The number of aliphatic hydroxyl groups is 1. The Morgan fingerprint density at radius 3 is 2.55 bits per heavy atom. The minimum Gasteiger partial charge on any atom is -0.508 e. The number of phenols is 1. The van der Waals surface area contributed by atoms with Gasteiger partial charge in [0.2, 0.25) is 5.91 Å². The first kappa shape index (κ1) is 16.5. The standard InChI is InChI=1S/C16H25NO3/c1-11(9-15(20)17-7-8-18)12-5-6-14(19)13(10-12)16(2,3)4/h5-6,10-11,18-19H,7-9H2,1-4H3,(H,17,20). The van der Waals surface area contributed by atoms with Gasteiger partial charge in [0.1, 0.15) is 5.75 Å². The molecule has 1 rings (SSSR count). The van der Waals surface area contributed by atoms with Crippen LogP contribution < -0.4 is 5.32 Å². The molecule has 4 heteroatoms. The summed E-state index contributed by atoms with van der Waals surface area (Å²) in [5.74, 6) is 0.283. The number of phenolic OH excluding ortho intramolecular Hbond substituents is 1. The Bertz CT molecular complexity index is 463. The van der Waals surface area contributed by atoms with Crippen LogP contribution >= 0.6 is 0 Å². The number of benzene rings is 1. The highest BCUT2D eigenvalue weighted by Crippen LogP contribution is 2.33. The molecule has 20 heavy (non-hydrogen) atoms. The van der Waals surface area contributed by atoms with E-state index in [1.807, 2.05) is 39.8 Å². The molecule has 0 radical (unpaired) electrons. The first-order valence-electron chi connectivity index (χ1n) is 6.96. The third kappa shape index (κ3) is 4.53. The Balaban J connectivity index is 2.84. The zero-order chi connectivity index (χ0) is 15.3. The number of hydrogen-bond donors (Lipinski definition) is 3. The van der Waals surface area contributed by atoms with E-state index in [-0.39, 0.29) is 36.1 Å². The first-order chi connectivity index (χ1) is 9.25. The summed E-state index contributed by atoms with van der Waals surface area (Å²) in [6, 6.07) is 5.52. The Morgan fingerprint density at radius 1 is 1.35 bits per heavy atom. The molecule has 0 saturated heterocycles. The smallest absolute Gasteiger partial charge is 0.220 e. The van der Waals surface area contributed by atoms with Gasteiger partial charge in [0, 0.05) is 13.0 Å². The number of rotatable bonds is 5. The molecule has 0 bridgehead atoms. The highest BCUT2D eigenvalue weighted by atomic mass is 16.3. The van der Waals surface area contributed by atoms with Crippen molar-refractivity contribution in [1.82, 2.24) is 5.32 Å². The van der Waals surface area contributed by atoms with Crippen molar-refractivity contribution in [2.24, 2.45) is 0 Å². The van der Waals surface area contributed by atoms with E-state index >= 15 is 0 Å². The number of nitrogens with one attached hydrogen (secondary N) is 1. The second-order valence-corrected chi connectivity index (χ2v) is 6.21. The first-order valence-corrected chi connectivity index (χ1v) is 6.96. The van der Waals surface area contributed by atoms with Gasteiger partial charge in [0.15, 0.2) is 0 Å². The van der Waals surface area contributed by atoms with Crippen molar-refractivity contribution in [3.05, 3.63) is 29.3 Å². The minimum absolute atomic E-state index is 0.0481. The molecule has 0 aliphatic rings. The van der Waals surface area contributed by atoms with Crippen molar-refractivity contribution in [3.63, 3.8) is 0 Å². The zero-order valence-corrected chi connectivity index (χ0v) is 12.7. The Kier molecular flexibility index (Phi) is 5.57. The maximum atomic E-state index is 11.7. The molecule has 1 amide bonds. The van der Waals surface area contributed by atoms with E-state index in [9.17, 15) is 9.90 Å². The predicted molar refractivity (Wildman–Crippen MR) is 79.9 cm³/mol. The van der Waals surface area contributed by atoms with Gasteiger partial charge in [-0.25, -0.2) is 0 Å². The third-order valence-electron chi connectivity index (χ3n) is 3.32. The van der Waals surface area contributed by atoms with Gasteiger partial charge in [0.25, 0.3) is 0 Å². The van der Waals surface area contributed by atoms with Crippen LogP contribution in [-0.4, -0.2) is 29.3 Å². The molecule has 0 fully saturated rings. The van der Waals surface area contributed by atoms with E-state index in [2.05, 4.69) is 5.32 Å². The van der Waals surface area contributed by atoms with Gasteiger partial charge in [-0.3, -0.25) is 4.79 Å². The predicted octanol–water partition coefficient (Wildman–Crippen LogP) is 2.29. The molecular formula is C16H25NO3. The van der Waals surface area contributed by atoms with E-state index in [4.69, 9.17) is 5.11 Å². The lowest BCUT2D eigenvalue weighted by Crippen LogP contribution is -2.27. The van der Waals surface area contributed by atoms with E-state index in [0.29, 0.717) is 6.42 Å². The lowest BCUT2D eigenvalue weighted by molar-refractivity contribution is -0.121. The van der Waals surface area contributed by atoms with Crippen LogP contribution in [0.3, 0.4) is 0 Å². The molecular weight excluding hydrogens is 254 g/mol. The fraction of sp³-hybridized carbons (Fsp3) is 0.562. The Hall–Kier alpha value is -1.55. The topological polar surface area (TPSA) is 69.6 Å². The minimum atomic E-state index is -0.140. The van der Waals surface area contributed by atoms with Crippen LogP contribution in [0, 0.1) is 0 Å². The maximum Gasteiger partial charge on any atom is 0.220 e. The van der Waals surface area contributed by atoms with Crippen molar-refractivity contribution < 1.29 is 15.0 Å². The summed E-state index contributed by atoms with van der Waals surface area (Å²) in [5.41, 5.74) is 1.78. The molecule has 1 aromatic rings. The van der Waals surface area contributed by atoms with Gasteiger partial charge < -0.3 is 15.5 Å². The van der Waals surface area contributed by atoms with Crippen LogP contribution in [0.4, 0.5) is 0 Å². The van der Waals surface area contributed by atoms with Gasteiger partial charge in [-0.2, -0.15) is 0 Å². The van der Waals surface area contributed by atoms with Crippen molar-refractivity contribution >= 4 is 5.91 Å². The van der Waals surface area contributed by atoms with Gasteiger partial charge in [0.05, 0.1) is 6.61 Å². The molecule has 112 valence electrons. The number of amides is 1. The summed E-state index contributed by atoms with van der Waals surface area (Å²) in [6.45, 7) is 8.36. The number of aliphatic hydroxyl groups excluding tert-OH is 1. The normalized spacial score (nSPS) is 13.1. The lowest BCUT2D eigenvalue weighted by atomic mass is 9.83. The Labute approximate surface area is 120 Å². The molecule has 3 N–H and O–H groups in total. The number of carbonyl (C=O) groups is 1. The van der Waals surface area contributed by atoms with Crippen molar-refractivity contribution in [1.29, 1.82) is 0 Å². The van der Waals surface area contributed by atoms with Gasteiger partial charge in [-0.1, -0.05) is 39.8 Å². The monoisotopic (exact) mass is 279 g/mol. The molecule has 0 heterocycles. The average Bonchev–Trinajstić information content (AvgIpc) is 2.35. The molecule has 0 spiro atoms. The van der Waals surface area contributed by atoms with Crippen LogP contribution in [0.25, 0.3) is 0 Å². The summed E-state index contributed by atoms with van der Waals surface area (Å²) >= 11 is 0. The van der Waals surface area contributed by atoms with Crippen LogP contribution in [0.1, 0.15) is 51.2 Å². The van der Waals surface area contributed by atoms with Crippen molar-refractivity contribution in [3.8, 4) is 5.75 Å². The summed E-state index contributed by atoms with van der Waals surface area (Å²) in [5, 5.41) is 21.3. The molecule has 0 aliphatic carbocycles. The van der Waals surface area contributed by atoms with Gasteiger partial charge in [-0.05, 0) is 28.5 Å². The SMILES string of the molecule is CC(CC(=O)NCCO)c1ccc(O)c(C(C)(C)C)c1. The summed E-state index contributed by atoms with van der Waals surface area (Å²) < 4.78 is 0. The lowest BCUT2D eigenvalue weighted by Gasteiger charge is -2.22. The van der Waals surface area contributed by atoms with Crippen LogP contribution in [-0.2, 0) is 10.2 Å². The largest absolute Gasteiger partial charge is 0.508 e. The summed E-state index contributed by atoms with van der Waals surface area (Å²) in [7, 11) is 0. The molecule has 1 aromatic carbocycles. The van der Waals surface area contributed by atoms with E-state index in [0.717, 1.165) is 11.1 Å². The van der Waals surface area contributed by atoms with E-state index in [1.54, 1.807) is 6.07 Å². The highest BCUT2D eigenvalue weighted by molar-refractivity contribution is 5.76. The number of aromatic hydroxyl groups is 1. The zero-order valence-electron chi connectivity index (χ0n) is 12.7. The fourth-order valence-corrected chi connectivity index (χ4v) is 2.12. The second kappa shape index (κ2) is 6.75. The van der Waals surface area contributed by atoms with Gasteiger partial charge in [-0.15, -0.1) is 0 Å². The second-order valence-electron chi connectivity index (χ2n) is 6.21. The van der Waals surface area contributed by atoms with Gasteiger partial charge >= 0.3 is 0 Å². The maximum absolute atomic E-state index is 11.7.